The van der Waals surface area contributed by atoms with Gasteiger partial charge in [0.05, 0.1) is 34.8 Å². The van der Waals surface area contributed by atoms with Gasteiger partial charge in [0.2, 0.25) is 11.8 Å². The SMILES string of the molecule is COc1cc(-c2nnc(C(CCCCCl)c3ccc(Cl)c(Cl)c3)o2)ccc1-c1cnc(C)o1. The van der Waals surface area contributed by atoms with Crippen molar-refractivity contribution >= 4 is 34.8 Å². The van der Waals surface area contributed by atoms with Gasteiger partial charge in [-0.3, -0.25) is 0 Å². The highest BCUT2D eigenvalue weighted by atomic mass is 35.5. The highest BCUT2D eigenvalue weighted by Crippen LogP contribution is 2.37. The average Bonchev–Trinajstić information content (AvgIpc) is 3.48. The fourth-order valence-electron chi connectivity index (χ4n) is 3.61. The summed E-state index contributed by atoms with van der Waals surface area (Å²) in [5.74, 6) is 3.20. The summed E-state index contributed by atoms with van der Waals surface area (Å²) in [6.07, 6.45) is 4.26. The molecule has 0 fully saturated rings. The second-order valence-corrected chi connectivity index (χ2v) is 8.71. The smallest absolute Gasteiger partial charge is 0.247 e. The molecule has 1 atom stereocenters. The van der Waals surface area contributed by atoms with Gasteiger partial charge in [0.1, 0.15) is 5.75 Å². The number of hydrogen-bond acceptors (Lipinski definition) is 6. The Balaban J connectivity index is 1.66. The number of methoxy groups -OCH3 is 1. The molecule has 0 amide bonds. The Morgan fingerprint density at radius 1 is 1.00 bits per heavy atom. The number of aromatic nitrogens is 3. The zero-order valence-corrected chi connectivity index (χ0v) is 20.4. The number of oxazole rings is 1. The van der Waals surface area contributed by atoms with E-state index >= 15 is 0 Å². The van der Waals surface area contributed by atoms with E-state index < -0.39 is 0 Å². The van der Waals surface area contributed by atoms with Crippen LogP contribution >= 0.6 is 34.8 Å². The maximum Gasteiger partial charge on any atom is 0.247 e. The predicted octanol–water partition coefficient (Wildman–Crippen LogP) is 7.56. The Morgan fingerprint density at radius 3 is 2.55 bits per heavy atom. The Morgan fingerprint density at radius 2 is 1.85 bits per heavy atom. The first-order chi connectivity index (χ1) is 16.0. The molecule has 2 aromatic heterocycles. The van der Waals surface area contributed by atoms with Crippen LogP contribution in [0.25, 0.3) is 22.8 Å². The van der Waals surface area contributed by atoms with Gasteiger partial charge < -0.3 is 13.6 Å². The summed E-state index contributed by atoms with van der Waals surface area (Å²) >= 11 is 18.2. The minimum Gasteiger partial charge on any atom is -0.496 e. The van der Waals surface area contributed by atoms with Crippen molar-refractivity contribution in [1.82, 2.24) is 15.2 Å². The lowest BCUT2D eigenvalue weighted by Gasteiger charge is -2.14. The van der Waals surface area contributed by atoms with E-state index in [1.54, 1.807) is 26.3 Å². The molecule has 0 aliphatic rings. The third-order valence-corrected chi connectivity index (χ3v) is 6.30. The van der Waals surface area contributed by atoms with E-state index in [1.165, 1.54) is 0 Å². The molecule has 0 saturated carbocycles. The number of halogens is 3. The Hall–Kier alpha value is -2.54. The van der Waals surface area contributed by atoms with E-state index in [1.807, 2.05) is 30.3 Å². The maximum absolute atomic E-state index is 6.26. The summed E-state index contributed by atoms with van der Waals surface area (Å²) in [4.78, 5) is 4.15. The van der Waals surface area contributed by atoms with Crippen LogP contribution in [-0.2, 0) is 0 Å². The molecule has 0 bridgehead atoms. The number of ether oxygens (including phenoxy) is 1. The summed E-state index contributed by atoms with van der Waals surface area (Å²) in [6.45, 7) is 1.79. The molecule has 2 aromatic carbocycles. The minimum atomic E-state index is -0.123. The maximum atomic E-state index is 6.26. The largest absolute Gasteiger partial charge is 0.496 e. The number of nitrogens with zero attached hydrogens (tertiary/aromatic N) is 3. The topological polar surface area (TPSA) is 74.2 Å². The summed E-state index contributed by atoms with van der Waals surface area (Å²) in [7, 11) is 1.60. The van der Waals surface area contributed by atoms with Crippen LogP contribution in [0.5, 0.6) is 5.75 Å². The summed E-state index contributed by atoms with van der Waals surface area (Å²) in [5, 5.41) is 9.62. The number of benzene rings is 2. The quantitative estimate of drug-likeness (QED) is 0.172. The van der Waals surface area contributed by atoms with E-state index in [2.05, 4.69) is 15.2 Å². The fraction of sp³-hybridized carbons (Fsp3) is 0.292. The number of rotatable bonds is 9. The van der Waals surface area contributed by atoms with Crippen LogP contribution in [0.4, 0.5) is 0 Å². The first-order valence-electron chi connectivity index (χ1n) is 10.5. The van der Waals surface area contributed by atoms with Crippen LogP contribution in [0.3, 0.4) is 0 Å². The molecule has 9 heteroatoms. The lowest BCUT2D eigenvalue weighted by Crippen LogP contribution is -2.02. The highest BCUT2D eigenvalue weighted by Gasteiger charge is 2.23. The zero-order chi connectivity index (χ0) is 23.4. The molecule has 0 aliphatic carbocycles. The molecule has 0 radical (unpaired) electrons. The second-order valence-electron chi connectivity index (χ2n) is 7.51. The van der Waals surface area contributed by atoms with Crippen LogP contribution in [0.2, 0.25) is 10.0 Å². The Kier molecular flexibility index (Phi) is 7.58. The van der Waals surface area contributed by atoms with Crippen molar-refractivity contribution in [2.75, 3.05) is 13.0 Å². The monoisotopic (exact) mass is 505 g/mol. The van der Waals surface area contributed by atoms with Crippen LogP contribution in [-0.4, -0.2) is 28.2 Å². The normalized spacial score (nSPS) is 12.2. The van der Waals surface area contributed by atoms with Crippen molar-refractivity contribution in [3.63, 3.8) is 0 Å². The number of alkyl halides is 1. The Labute approximate surface area is 206 Å². The third kappa shape index (κ3) is 5.35. The van der Waals surface area contributed by atoms with E-state index in [-0.39, 0.29) is 5.92 Å². The number of unbranched alkanes of at least 4 members (excludes halogenated alkanes) is 1. The molecule has 4 aromatic rings. The first kappa shape index (κ1) is 23.6. The Bertz CT molecular complexity index is 1240. The van der Waals surface area contributed by atoms with Gasteiger partial charge in [-0.1, -0.05) is 35.7 Å². The minimum absolute atomic E-state index is 0.123. The molecule has 33 heavy (non-hydrogen) atoms. The van der Waals surface area contributed by atoms with Gasteiger partial charge in [0, 0.05) is 18.4 Å². The highest BCUT2D eigenvalue weighted by molar-refractivity contribution is 6.42. The molecule has 6 nitrogen and oxygen atoms in total. The molecule has 0 saturated heterocycles. The lowest BCUT2D eigenvalue weighted by molar-refractivity contribution is 0.414. The fourth-order valence-corrected chi connectivity index (χ4v) is 4.11. The lowest BCUT2D eigenvalue weighted by atomic mass is 9.93. The van der Waals surface area contributed by atoms with Gasteiger partial charge in [0.15, 0.2) is 11.7 Å². The number of aryl methyl sites for hydroxylation is 1. The molecule has 1 unspecified atom stereocenters. The van der Waals surface area contributed by atoms with Crippen molar-refractivity contribution in [3.8, 4) is 28.5 Å². The predicted molar refractivity (Wildman–Crippen MR) is 129 cm³/mol. The van der Waals surface area contributed by atoms with E-state index in [4.69, 9.17) is 48.4 Å². The molecule has 4 rings (SSSR count). The second kappa shape index (κ2) is 10.6. The molecule has 172 valence electrons. The van der Waals surface area contributed by atoms with E-state index in [0.717, 1.165) is 36.0 Å². The van der Waals surface area contributed by atoms with Gasteiger partial charge in [0.25, 0.3) is 0 Å². The van der Waals surface area contributed by atoms with Crippen molar-refractivity contribution in [1.29, 1.82) is 0 Å². The summed E-state index contributed by atoms with van der Waals surface area (Å²) in [6, 6.07) is 11.2. The molecule has 0 spiro atoms. The zero-order valence-electron chi connectivity index (χ0n) is 18.1. The van der Waals surface area contributed by atoms with Crippen LogP contribution in [0.15, 0.2) is 51.4 Å². The van der Waals surface area contributed by atoms with Crippen molar-refractivity contribution in [2.24, 2.45) is 0 Å². The average molecular weight is 507 g/mol. The van der Waals surface area contributed by atoms with E-state index in [0.29, 0.717) is 45.1 Å². The molecular formula is C24H22Cl3N3O3. The van der Waals surface area contributed by atoms with Crippen molar-refractivity contribution in [2.45, 2.75) is 32.1 Å². The summed E-state index contributed by atoms with van der Waals surface area (Å²) < 4.78 is 17.3. The molecule has 2 heterocycles. The summed E-state index contributed by atoms with van der Waals surface area (Å²) in [5.41, 5.74) is 2.48. The first-order valence-corrected chi connectivity index (χ1v) is 11.7. The number of hydrogen-bond donors (Lipinski definition) is 0. The van der Waals surface area contributed by atoms with Crippen LogP contribution in [0, 0.1) is 6.92 Å². The van der Waals surface area contributed by atoms with Gasteiger partial charge in [-0.2, -0.15) is 0 Å². The standard InChI is InChI=1S/C24H22Cl3N3O3/c1-14-28-13-22(32-14)18-8-6-16(12-21(18)31-2)23-29-30-24(33-23)17(5-3-4-10-25)15-7-9-19(26)20(27)11-15/h6-9,11-13,17H,3-5,10H2,1-2H3. The van der Waals surface area contributed by atoms with Gasteiger partial charge in [-0.15, -0.1) is 21.8 Å². The molecule has 0 aliphatic heterocycles. The van der Waals surface area contributed by atoms with Crippen molar-refractivity contribution < 1.29 is 13.6 Å². The molecule has 0 N–H and O–H groups in total. The van der Waals surface area contributed by atoms with E-state index in [9.17, 15) is 0 Å². The van der Waals surface area contributed by atoms with Crippen molar-refractivity contribution in [3.05, 3.63) is 70.0 Å². The third-order valence-electron chi connectivity index (χ3n) is 5.30. The van der Waals surface area contributed by atoms with Gasteiger partial charge >= 0.3 is 0 Å². The van der Waals surface area contributed by atoms with Gasteiger partial charge in [-0.25, -0.2) is 4.98 Å². The van der Waals surface area contributed by atoms with Crippen LogP contribution in [0.1, 0.15) is 42.5 Å². The molecular weight excluding hydrogens is 485 g/mol. The van der Waals surface area contributed by atoms with Crippen LogP contribution < -0.4 is 4.74 Å². The van der Waals surface area contributed by atoms with Gasteiger partial charge in [-0.05, 0) is 48.7 Å².